The monoisotopic (exact) mass is 1040 g/mol. The lowest BCUT2D eigenvalue weighted by Crippen LogP contribution is -2.58. The van der Waals surface area contributed by atoms with Gasteiger partial charge in [0.15, 0.2) is 9.84 Å². The Labute approximate surface area is 425 Å². The molecule has 3 aromatic carbocycles. The maximum absolute atomic E-state index is 14.5. The van der Waals surface area contributed by atoms with Gasteiger partial charge in [0, 0.05) is 60.2 Å². The third-order valence-corrected chi connectivity index (χ3v) is 15.8. The molecule has 0 spiro atoms. The highest BCUT2D eigenvalue weighted by Gasteiger charge is 2.47. The van der Waals surface area contributed by atoms with Crippen LogP contribution in [-0.4, -0.2) is 144 Å². The Morgan fingerprint density at radius 1 is 0.861 bits per heavy atom. The molecular weight excluding hydrogens is 971 g/mol. The summed E-state index contributed by atoms with van der Waals surface area (Å²) in [6.45, 7) is 15.8. The van der Waals surface area contributed by atoms with Crippen molar-refractivity contribution in [2.24, 2.45) is 17.1 Å². The lowest BCUT2D eigenvalue weighted by Gasteiger charge is -2.40. The van der Waals surface area contributed by atoms with Crippen molar-refractivity contribution < 1.29 is 50.5 Å². The fourth-order valence-electron chi connectivity index (χ4n) is 8.39. The van der Waals surface area contributed by atoms with Gasteiger partial charge in [-0.15, -0.1) is 11.3 Å². The number of carbonyl (C=O) groups excluding carboxylic acids is 2. The van der Waals surface area contributed by atoms with Gasteiger partial charge in [-0.1, -0.05) is 26.8 Å². The molecule has 1 aliphatic rings. The third kappa shape index (κ3) is 14.4. The van der Waals surface area contributed by atoms with Crippen molar-refractivity contribution in [3.63, 3.8) is 0 Å². The maximum atomic E-state index is 14.5. The first-order valence-electron chi connectivity index (χ1n) is 24.1. The first-order chi connectivity index (χ1) is 34.2. The number of hydrogen-bond acceptors (Lipinski definition) is 16. The summed E-state index contributed by atoms with van der Waals surface area (Å²) in [5, 5.41) is 12.9. The topological polar surface area (TPSA) is 218 Å². The highest BCUT2D eigenvalue weighted by Crippen LogP contribution is 2.38. The molecule has 0 bridgehead atoms. The number of sulfone groups is 1. The number of aromatic nitrogens is 2. The van der Waals surface area contributed by atoms with E-state index in [-0.39, 0.29) is 61.4 Å². The molecule has 6 rings (SSSR count). The number of benzene rings is 3. The van der Waals surface area contributed by atoms with Crippen LogP contribution in [0.2, 0.25) is 0 Å². The summed E-state index contributed by atoms with van der Waals surface area (Å²) in [6.07, 6.45) is 1.87. The van der Waals surface area contributed by atoms with Crippen molar-refractivity contribution in [1.82, 2.24) is 25.5 Å². The Balaban J connectivity index is 0.887. The number of nitrogens with zero attached hydrogens (tertiary/aromatic N) is 3. The van der Waals surface area contributed by atoms with E-state index < -0.39 is 61.2 Å². The number of likely N-dealkylation sites (tertiary alicyclic amines) is 1. The predicted molar refractivity (Wildman–Crippen MR) is 277 cm³/mol. The zero-order chi connectivity index (χ0) is 52.2. The molecule has 1 saturated heterocycles. The molecule has 0 radical (unpaired) electrons. The summed E-state index contributed by atoms with van der Waals surface area (Å²) in [7, 11) is -2.06. The zero-order valence-corrected chi connectivity index (χ0v) is 44.0. The van der Waals surface area contributed by atoms with Crippen LogP contribution >= 0.6 is 11.3 Å². The second-order valence-corrected chi connectivity index (χ2v) is 23.3. The normalized spacial score (nSPS) is 16.8. The van der Waals surface area contributed by atoms with Gasteiger partial charge < -0.3 is 55.6 Å². The van der Waals surface area contributed by atoms with Gasteiger partial charge in [-0.25, -0.2) is 22.2 Å². The second-order valence-electron chi connectivity index (χ2n) is 19.7. The van der Waals surface area contributed by atoms with Gasteiger partial charge >= 0.3 is 0 Å². The number of amides is 2. The van der Waals surface area contributed by atoms with E-state index in [0.717, 1.165) is 28.0 Å². The first kappa shape index (κ1) is 56.3. The number of fused-ring (bicyclic) bond motifs is 2. The fourth-order valence-corrected chi connectivity index (χ4v) is 10.4. The minimum Gasteiger partial charge on any atom is -0.490 e. The molecular formula is C51H70F2N8O9S2. The quantitative estimate of drug-likeness (QED) is 0.0365. The smallest absolute Gasteiger partial charge is 0.247 e. The lowest BCUT2D eigenvalue weighted by atomic mass is 9.73. The summed E-state index contributed by atoms with van der Waals surface area (Å²) in [4.78, 5) is 38.4. The number of para-hydroxylation sites is 1. The summed E-state index contributed by atoms with van der Waals surface area (Å²) in [5.41, 5.74) is 10.2. The molecule has 5 aromatic rings. The minimum atomic E-state index is -3.83. The van der Waals surface area contributed by atoms with Crippen molar-refractivity contribution in [2.45, 2.75) is 88.7 Å². The van der Waals surface area contributed by atoms with Crippen LogP contribution in [0.1, 0.15) is 54.9 Å². The molecule has 0 aliphatic carbocycles. The molecule has 3 heterocycles. The minimum absolute atomic E-state index is 0.0661. The number of ether oxygens (including phenoxy) is 5. The average Bonchev–Trinajstić information content (AvgIpc) is 3.99. The van der Waals surface area contributed by atoms with Crippen molar-refractivity contribution in [3.8, 4) is 5.75 Å². The Kier molecular flexibility index (Phi) is 19.8. The molecule has 2 aromatic heterocycles. The van der Waals surface area contributed by atoms with Gasteiger partial charge in [-0.2, -0.15) is 0 Å². The van der Waals surface area contributed by atoms with Crippen LogP contribution in [0.4, 0.5) is 25.8 Å². The van der Waals surface area contributed by atoms with E-state index in [0.29, 0.717) is 62.8 Å². The van der Waals surface area contributed by atoms with Gasteiger partial charge in [0.05, 0.1) is 84.8 Å². The third-order valence-electron chi connectivity index (χ3n) is 12.5. The van der Waals surface area contributed by atoms with E-state index in [9.17, 15) is 26.8 Å². The van der Waals surface area contributed by atoms with Crippen LogP contribution in [0.5, 0.6) is 5.75 Å². The average molecular weight is 1040 g/mol. The molecule has 394 valence electrons. The van der Waals surface area contributed by atoms with Crippen LogP contribution in [0, 0.1) is 23.0 Å². The molecule has 1 unspecified atom stereocenters. The van der Waals surface area contributed by atoms with E-state index in [4.69, 9.17) is 29.4 Å². The van der Waals surface area contributed by atoms with E-state index in [1.165, 1.54) is 11.0 Å². The molecule has 1 fully saturated rings. The summed E-state index contributed by atoms with van der Waals surface area (Å²) < 4.78 is 85.5. The number of rotatable bonds is 26. The molecule has 17 nitrogen and oxygen atoms in total. The lowest BCUT2D eigenvalue weighted by molar-refractivity contribution is -0.144. The van der Waals surface area contributed by atoms with Gasteiger partial charge in [-0.05, 0) is 89.0 Å². The Hall–Kier alpha value is -4.97. The molecule has 5 atom stereocenters. The molecule has 6 N–H and O–H groups in total. The number of anilines is 3. The molecule has 0 saturated carbocycles. The SMILES string of the molecule is CN[C@@H](C)C(N)[C@@H](C(=O)N1C[C@@H](NCCOCCOCCOCCOCCOc2cc3nccc(Nc4ccc5scnc5c4)c3cc2S(=O)(=O)C(C)(C)C)C[C@H]1C(=O)Nc1c(F)cccc1F)C(C)(C)C. The van der Waals surface area contributed by atoms with Crippen LogP contribution in [0.3, 0.4) is 0 Å². The van der Waals surface area contributed by atoms with Crippen LogP contribution in [-0.2, 0) is 38.4 Å². The Bertz CT molecular complexity index is 2700. The van der Waals surface area contributed by atoms with Crippen LogP contribution < -0.4 is 31.7 Å². The molecule has 21 heteroatoms. The summed E-state index contributed by atoms with van der Waals surface area (Å²) in [6, 6.07) is 12.2. The van der Waals surface area contributed by atoms with Crippen LogP contribution in [0.15, 0.2) is 71.2 Å². The number of pyridine rings is 1. The molecule has 2 amide bonds. The Morgan fingerprint density at radius 3 is 2.12 bits per heavy atom. The van der Waals surface area contributed by atoms with E-state index >= 15 is 0 Å². The molecule has 1 aliphatic heterocycles. The van der Waals surface area contributed by atoms with Gasteiger partial charge in [0.25, 0.3) is 0 Å². The number of likely N-dealkylation sites (N-methyl/N-ethyl adjacent to an activating group) is 1. The van der Waals surface area contributed by atoms with E-state index in [2.05, 4.69) is 31.2 Å². The highest BCUT2D eigenvalue weighted by molar-refractivity contribution is 7.92. The van der Waals surface area contributed by atoms with Gasteiger partial charge in [0.2, 0.25) is 11.8 Å². The summed E-state index contributed by atoms with van der Waals surface area (Å²) >= 11 is 1.56. The standard InChI is InChI=1S/C51H70F2N8O9S2/c1-32(55-8)46(54)45(50(2,3)4)49(63)61-30-34(27-41(61)48(62)60-47-36(52)10-9-11-37(47)53)56-16-17-66-18-19-67-20-21-68-22-23-69-24-25-70-42-29-39-35(28-44(42)72(64,65)51(5,6)7)38(14-15-57-39)59-33-12-13-43-40(26-33)58-31-71-43/h9-15,26,28-29,31-32,34,41,45-46,55-56H,16-25,27,30,54H2,1-8H3,(H,57,59)(H,60,62)/t32-,34-,41-,45-,46?/m0/s1. The Morgan fingerprint density at radius 2 is 1.50 bits per heavy atom. The first-order valence-corrected chi connectivity index (χ1v) is 26.5. The van der Waals surface area contributed by atoms with Crippen molar-refractivity contribution in [2.75, 3.05) is 90.2 Å². The van der Waals surface area contributed by atoms with Crippen molar-refractivity contribution >= 4 is 71.2 Å². The number of thiazole rings is 1. The number of nitrogens with two attached hydrogens (primary N) is 1. The fraction of sp³-hybridized carbons (Fsp3) is 0.529. The number of hydrogen-bond donors (Lipinski definition) is 5. The van der Waals surface area contributed by atoms with Crippen molar-refractivity contribution in [1.29, 1.82) is 0 Å². The largest absolute Gasteiger partial charge is 0.490 e. The maximum Gasteiger partial charge on any atom is 0.247 e. The van der Waals surface area contributed by atoms with Crippen LogP contribution in [0.25, 0.3) is 21.1 Å². The summed E-state index contributed by atoms with van der Waals surface area (Å²) in [5.74, 6) is -3.30. The van der Waals surface area contributed by atoms with Crippen molar-refractivity contribution in [3.05, 3.63) is 77.9 Å². The molecule has 72 heavy (non-hydrogen) atoms. The zero-order valence-electron chi connectivity index (χ0n) is 42.4. The van der Waals surface area contributed by atoms with E-state index in [1.807, 2.05) is 45.9 Å². The van der Waals surface area contributed by atoms with Gasteiger partial charge in [-0.3, -0.25) is 14.6 Å². The number of nitrogens with one attached hydrogen (secondary N) is 4. The van der Waals surface area contributed by atoms with Gasteiger partial charge in [0.1, 0.15) is 40.6 Å². The predicted octanol–water partition coefficient (Wildman–Crippen LogP) is 6.68. The van der Waals surface area contributed by atoms with E-state index in [1.54, 1.807) is 69.1 Å². The number of carbonyl (C=O) groups is 2. The second kappa shape index (κ2) is 25.3. The highest BCUT2D eigenvalue weighted by atomic mass is 32.2. The number of halogens is 2.